The SMILES string of the molecule is CC(=O)C1C[C@]2(CN1C)CC21CCC1. The Morgan fingerprint density at radius 3 is 2.43 bits per heavy atom. The van der Waals surface area contributed by atoms with Crippen LogP contribution in [0.4, 0.5) is 0 Å². The van der Waals surface area contributed by atoms with Crippen LogP contribution in [0, 0.1) is 10.8 Å². The van der Waals surface area contributed by atoms with Crippen LogP contribution in [0.25, 0.3) is 0 Å². The smallest absolute Gasteiger partial charge is 0.146 e. The van der Waals surface area contributed by atoms with Crippen molar-refractivity contribution in [1.82, 2.24) is 4.90 Å². The molecule has 2 saturated carbocycles. The first-order chi connectivity index (χ1) is 6.59. The molecule has 2 nitrogen and oxygen atoms in total. The van der Waals surface area contributed by atoms with Crippen molar-refractivity contribution in [3.8, 4) is 0 Å². The zero-order valence-electron chi connectivity index (χ0n) is 9.18. The van der Waals surface area contributed by atoms with E-state index in [0.29, 0.717) is 16.6 Å². The standard InChI is InChI=1S/C12H19NO/c1-9(14)10-6-12(8-13(10)2)7-11(12)4-3-5-11/h10H,3-8H2,1-2H3/t10?,12-/m1/s1. The molecule has 1 unspecified atom stereocenters. The van der Waals surface area contributed by atoms with Gasteiger partial charge in [0.05, 0.1) is 6.04 Å². The van der Waals surface area contributed by atoms with Gasteiger partial charge < -0.3 is 0 Å². The van der Waals surface area contributed by atoms with Crippen LogP contribution >= 0.6 is 0 Å². The van der Waals surface area contributed by atoms with Crippen molar-refractivity contribution in [3.63, 3.8) is 0 Å². The summed E-state index contributed by atoms with van der Waals surface area (Å²) in [7, 11) is 2.12. The van der Waals surface area contributed by atoms with E-state index in [0.717, 1.165) is 6.42 Å². The van der Waals surface area contributed by atoms with Crippen LogP contribution in [0.2, 0.25) is 0 Å². The summed E-state index contributed by atoms with van der Waals surface area (Å²) in [5.74, 6) is 0.366. The second kappa shape index (κ2) is 2.41. The fourth-order valence-electron chi connectivity index (χ4n) is 4.06. The number of carbonyl (C=O) groups excluding carboxylic acids is 1. The number of carbonyl (C=O) groups is 1. The van der Waals surface area contributed by atoms with Gasteiger partial charge in [0.15, 0.2) is 0 Å². The molecule has 14 heavy (non-hydrogen) atoms. The fourth-order valence-corrected chi connectivity index (χ4v) is 4.06. The third-order valence-electron chi connectivity index (χ3n) is 5.12. The zero-order valence-corrected chi connectivity index (χ0v) is 9.18. The van der Waals surface area contributed by atoms with Crippen LogP contribution in [0.3, 0.4) is 0 Å². The molecule has 0 amide bonds. The van der Waals surface area contributed by atoms with Gasteiger partial charge in [0.2, 0.25) is 0 Å². The zero-order chi connectivity index (χ0) is 9.97. The molecule has 2 heteroatoms. The van der Waals surface area contributed by atoms with E-state index in [1.54, 1.807) is 6.92 Å². The maximum atomic E-state index is 11.4. The van der Waals surface area contributed by atoms with Crippen molar-refractivity contribution >= 4 is 5.78 Å². The van der Waals surface area contributed by atoms with Gasteiger partial charge in [-0.3, -0.25) is 9.69 Å². The Hall–Kier alpha value is -0.370. The highest BCUT2D eigenvalue weighted by Gasteiger charge is 2.71. The summed E-state index contributed by atoms with van der Waals surface area (Å²) in [6.07, 6.45) is 6.86. The summed E-state index contributed by atoms with van der Waals surface area (Å²) in [4.78, 5) is 13.7. The molecule has 1 saturated heterocycles. The topological polar surface area (TPSA) is 20.3 Å². The van der Waals surface area contributed by atoms with E-state index < -0.39 is 0 Å². The normalized spacial score (nSPS) is 44.3. The predicted molar refractivity (Wildman–Crippen MR) is 55.1 cm³/mol. The molecule has 3 aliphatic rings. The summed E-state index contributed by atoms with van der Waals surface area (Å²) in [6, 6.07) is 0.231. The van der Waals surface area contributed by atoms with Gasteiger partial charge in [0.1, 0.15) is 5.78 Å². The monoisotopic (exact) mass is 193 g/mol. The molecule has 0 aromatic rings. The second-order valence-corrected chi connectivity index (χ2v) is 5.84. The maximum absolute atomic E-state index is 11.4. The summed E-state index contributed by atoms with van der Waals surface area (Å²) >= 11 is 0. The molecule has 0 aromatic carbocycles. The van der Waals surface area contributed by atoms with Crippen LogP contribution in [-0.2, 0) is 4.79 Å². The van der Waals surface area contributed by atoms with Crippen LogP contribution in [0.15, 0.2) is 0 Å². The first-order valence-corrected chi connectivity index (χ1v) is 5.79. The van der Waals surface area contributed by atoms with Crippen molar-refractivity contribution in [2.24, 2.45) is 10.8 Å². The Balaban J connectivity index is 1.78. The summed E-state index contributed by atoms with van der Waals surface area (Å²) < 4.78 is 0. The van der Waals surface area contributed by atoms with Gasteiger partial charge in [-0.15, -0.1) is 0 Å². The molecule has 0 bridgehead atoms. The minimum Gasteiger partial charge on any atom is -0.298 e. The quantitative estimate of drug-likeness (QED) is 0.633. The number of rotatable bonds is 1. The molecule has 1 aliphatic heterocycles. The van der Waals surface area contributed by atoms with E-state index in [2.05, 4.69) is 11.9 Å². The van der Waals surface area contributed by atoms with Crippen LogP contribution in [0.5, 0.6) is 0 Å². The van der Waals surface area contributed by atoms with Crippen molar-refractivity contribution in [2.45, 2.75) is 45.1 Å². The summed E-state index contributed by atoms with van der Waals surface area (Å²) in [6.45, 7) is 2.92. The van der Waals surface area contributed by atoms with Crippen molar-refractivity contribution < 1.29 is 4.79 Å². The second-order valence-electron chi connectivity index (χ2n) is 5.84. The van der Waals surface area contributed by atoms with Gasteiger partial charge in [-0.25, -0.2) is 0 Å². The number of ketones is 1. The van der Waals surface area contributed by atoms with Crippen molar-refractivity contribution in [3.05, 3.63) is 0 Å². The lowest BCUT2D eigenvalue weighted by atomic mass is 9.74. The van der Waals surface area contributed by atoms with Crippen molar-refractivity contribution in [2.75, 3.05) is 13.6 Å². The molecule has 0 aromatic heterocycles. The Morgan fingerprint density at radius 1 is 1.36 bits per heavy atom. The predicted octanol–water partition coefficient (Wildman–Crippen LogP) is 1.84. The van der Waals surface area contributed by atoms with Crippen LogP contribution in [0.1, 0.15) is 39.0 Å². The molecule has 78 valence electrons. The van der Waals surface area contributed by atoms with E-state index in [4.69, 9.17) is 0 Å². The molecule has 0 radical (unpaired) electrons. The van der Waals surface area contributed by atoms with Gasteiger partial charge in [-0.2, -0.15) is 0 Å². The number of nitrogens with zero attached hydrogens (tertiary/aromatic N) is 1. The van der Waals surface area contributed by atoms with Crippen molar-refractivity contribution in [1.29, 1.82) is 0 Å². The van der Waals surface area contributed by atoms with E-state index in [-0.39, 0.29) is 6.04 Å². The minimum atomic E-state index is 0.231. The minimum absolute atomic E-state index is 0.231. The Bertz CT molecular complexity index is 295. The highest BCUT2D eigenvalue weighted by Crippen LogP contribution is 2.77. The van der Waals surface area contributed by atoms with Gasteiger partial charge in [0, 0.05) is 6.54 Å². The summed E-state index contributed by atoms with van der Waals surface area (Å²) in [5, 5.41) is 0. The Labute approximate surface area is 85.7 Å². The molecule has 2 spiro atoms. The number of hydrogen-bond donors (Lipinski definition) is 0. The van der Waals surface area contributed by atoms with Gasteiger partial charge in [0.25, 0.3) is 0 Å². The van der Waals surface area contributed by atoms with E-state index in [1.165, 1.54) is 32.2 Å². The third-order valence-corrected chi connectivity index (χ3v) is 5.12. The fraction of sp³-hybridized carbons (Fsp3) is 0.917. The number of Topliss-reactive ketones (excluding diaryl/α,β-unsaturated/α-hetero) is 1. The lowest BCUT2D eigenvalue weighted by Crippen LogP contribution is -2.31. The lowest BCUT2D eigenvalue weighted by molar-refractivity contribution is -0.120. The lowest BCUT2D eigenvalue weighted by Gasteiger charge is -2.30. The average molecular weight is 193 g/mol. The molecule has 1 heterocycles. The van der Waals surface area contributed by atoms with E-state index in [9.17, 15) is 4.79 Å². The third kappa shape index (κ3) is 0.881. The Morgan fingerprint density at radius 2 is 2.07 bits per heavy atom. The van der Waals surface area contributed by atoms with Gasteiger partial charge in [-0.1, -0.05) is 6.42 Å². The molecule has 2 aliphatic carbocycles. The largest absolute Gasteiger partial charge is 0.298 e. The number of hydrogen-bond acceptors (Lipinski definition) is 2. The molecular formula is C12H19NO. The average Bonchev–Trinajstić information content (AvgIpc) is 2.56. The number of likely N-dealkylation sites (tertiary alicyclic amines) is 1. The summed E-state index contributed by atoms with van der Waals surface area (Å²) in [5.41, 5.74) is 1.27. The molecule has 3 fully saturated rings. The highest BCUT2D eigenvalue weighted by molar-refractivity contribution is 5.82. The first-order valence-electron chi connectivity index (χ1n) is 5.79. The number of likely N-dealkylation sites (N-methyl/N-ethyl adjacent to an activating group) is 1. The molecule has 0 N–H and O–H groups in total. The van der Waals surface area contributed by atoms with E-state index >= 15 is 0 Å². The Kier molecular flexibility index (Phi) is 1.53. The van der Waals surface area contributed by atoms with Crippen LogP contribution < -0.4 is 0 Å². The highest BCUT2D eigenvalue weighted by atomic mass is 16.1. The first kappa shape index (κ1) is 8.90. The van der Waals surface area contributed by atoms with E-state index in [1.807, 2.05) is 0 Å². The van der Waals surface area contributed by atoms with Crippen LogP contribution in [-0.4, -0.2) is 30.3 Å². The van der Waals surface area contributed by atoms with Gasteiger partial charge >= 0.3 is 0 Å². The molecule has 2 atom stereocenters. The molecular weight excluding hydrogens is 174 g/mol. The number of fused-ring (bicyclic) bond motifs is 1. The van der Waals surface area contributed by atoms with Gasteiger partial charge in [-0.05, 0) is 50.5 Å². The molecule has 3 rings (SSSR count). The maximum Gasteiger partial charge on any atom is 0.146 e.